The van der Waals surface area contributed by atoms with E-state index in [1.807, 2.05) is 0 Å². The Labute approximate surface area is 142 Å². The van der Waals surface area contributed by atoms with Crippen molar-refractivity contribution in [3.05, 3.63) is 0 Å². The first-order chi connectivity index (χ1) is 10.1. The normalized spacial score (nSPS) is 15.6. The third kappa shape index (κ3) is 11.1. The van der Waals surface area contributed by atoms with Crippen LogP contribution in [0.3, 0.4) is 0 Å². The van der Waals surface area contributed by atoms with Crippen molar-refractivity contribution in [2.24, 2.45) is 0 Å². The molecule has 0 aliphatic heterocycles. The molecule has 22 heavy (non-hydrogen) atoms. The molecule has 0 aromatic carbocycles. The number of sulfone groups is 2. The summed E-state index contributed by atoms with van der Waals surface area (Å²) in [5, 5.41) is 19.5. The molecule has 0 fully saturated rings. The van der Waals surface area contributed by atoms with Gasteiger partial charge in [0.1, 0.15) is 0 Å². The Morgan fingerprint density at radius 2 is 1.09 bits per heavy atom. The summed E-state index contributed by atoms with van der Waals surface area (Å²) in [5.74, 6) is 1.65. The van der Waals surface area contributed by atoms with Crippen LogP contribution < -0.4 is 0 Å². The fourth-order valence-corrected chi connectivity index (χ4v) is 6.10. The standard InChI is InChI=1S/C12H26O6S4/c1-3-21(15,16)7-5-19-9-11(13)12(14)10-20-6-8-22(17,18)4-2/h11-14H,3-10H2,1-2H3/t11-,12-/m0/s1. The van der Waals surface area contributed by atoms with Crippen LogP contribution in [0.25, 0.3) is 0 Å². The maximum atomic E-state index is 11.3. The van der Waals surface area contributed by atoms with Gasteiger partial charge in [-0.3, -0.25) is 0 Å². The van der Waals surface area contributed by atoms with E-state index in [1.54, 1.807) is 13.8 Å². The fourth-order valence-electron chi connectivity index (χ4n) is 1.29. The van der Waals surface area contributed by atoms with E-state index < -0.39 is 31.9 Å². The summed E-state index contributed by atoms with van der Waals surface area (Å²) < 4.78 is 45.1. The highest BCUT2D eigenvalue weighted by Crippen LogP contribution is 2.12. The molecule has 0 unspecified atom stereocenters. The smallest absolute Gasteiger partial charge is 0.150 e. The SMILES string of the molecule is CCS(=O)(=O)CCSC[C@H](O)[C@@H](O)CSCCS(=O)(=O)CC. The van der Waals surface area contributed by atoms with Crippen molar-refractivity contribution in [1.29, 1.82) is 0 Å². The molecule has 0 aromatic heterocycles. The van der Waals surface area contributed by atoms with Gasteiger partial charge in [-0.2, -0.15) is 23.5 Å². The second kappa shape index (κ2) is 11.1. The zero-order valence-electron chi connectivity index (χ0n) is 13.0. The molecule has 0 aromatic rings. The molecule has 134 valence electrons. The Kier molecular flexibility index (Phi) is 11.4. The summed E-state index contributed by atoms with van der Waals surface area (Å²) in [6.45, 7) is 3.18. The van der Waals surface area contributed by atoms with Gasteiger partial charge in [-0.25, -0.2) is 16.8 Å². The summed E-state index contributed by atoms with van der Waals surface area (Å²) >= 11 is 2.57. The van der Waals surface area contributed by atoms with Crippen LogP contribution >= 0.6 is 23.5 Å². The van der Waals surface area contributed by atoms with Crippen LogP contribution in [0.4, 0.5) is 0 Å². The number of hydrogen-bond donors (Lipinski definition) is 2. The molecule has 0 rings (SSSR count). The molecule has 6 nitrogen and oxygen atoms in total. The van der Waals surface area contributed by atoms with Gasteiger partial charge in [-0.05, 0) is 0 Å². The van der Waals surface area contributed by atoms with Crippen LogP contribution in [0, 0.1) is 0 Å². The van der Waals surface area contributed by atoms with Crippen LogP contribution in [0.2, 0.25) is 0 Å². The Morgan fingerprint density at radius 3 is 1.36 bits per heavy atom. The lowest BCUT2D eigenvalue weighted by Crippen LogP contribution is -2.31. The van der Waals surface area contributed by atoms with Gasteiger partial charge < -0.3 is 10.2 Å². The van der Waals surface area contributed by atoms with Crippen LogP contribution in [-0.4, -0.2) is 85.3 Å². The Morgan fingerprint density at radius 1 is 0.773 bits per heavy atom. The highest BCUT2D eigenvalue weighted by molar-refractivity contribution is 8.01. The molecule has 0 saturated heterocycles. The van der Waals surface area contributed by atoms with Crippen LogP contribution in [0.15, 0.2) is 0 Å². The quantitative estimate of drug-likeness (QED) is 0.422. The van der Waals surface area contributed by atoms with Crippen molar-refractivity contribution in [3.63, 3.8) is 0 Å². The molecule has 10 heteroatoms. The highest BCUT2D eigenvalue weighted by Gasteiger charge is 2.17. The molecule has 0 radical (unpaired) electrons. The minimum Gasteiger partial charge on any atom is -0.390 e. The summed E-state index contributed by atoms with van der Waals surface area (Å²) in [4.78, 5) is 0. The average molecular weight is 395 g/mol. The zero-order chi connectivity index (χ0) is 17.2. The molecule has 0 aliphatic carbocycles. The lowest BCUT2D eigenvalue weighted by molar-refractivity contribution is 0.0500. The van der Waals surface area contributed by atoms with Gasteiger partial charge >= 0.3 is 0 Å². The van der Waals surface area contributed by atoms with Crippen LogP contribution in [0.5, 0.6) is 0 Å². The fraction of sp³-hybridized carbons (Fsp3) is 1.00. The lowest BCUT2D eigenvalue weighted by atomic mass is 10.3. The van der Waals surface area contributed by atoms with E-state index in [2.05, 4.69) is 0 Å². The molecule has 2 N–H and O–H groups in total. The van der Waals surface area contributed by atoms with Crippen molar-refractivity contribution < 1.29 is 27.0 Å². The van der Waals surface area contributed by atoms with Gasteiger partial charge in [0, 0.05) is 34.5 Å². The Hall–Kier alpha value is 0.520. The number of aliphatic hydroxyl groups is 2. The molecular formula is C12H26O6S4. The minimum atomic E-state index is -3.00. The van der Waals surface area contributed by atoms with Crippen molar-refractivity contribution in [1.82, 2.24) is 0 Å². The predicted molar refractivity (Wildman–Crippen MR) is 95.3 cm³/mol. The first kappa shape index (κ1) is 22.5. The van der Waals surface area contributed by atoms with Crippen LogP contribution in [-0.2, 0) is 19.7 Å². The topological polar surface area (TPSA) is 109 Å². The van der Waals surface area contributed by atoms with E-state index in [0.29, 0.717) is 11.5 Å². The average Bonchev–Trinajstić information content (AvgIpc) is 2.47. The van der Waals surface area contributed by atoms with E-state index in [4.69, 9.17) is 0 Å². The lowest BCUT2D eigenvalue weighted by Gasteiger charge is -2.17. The maximum absolute atomic E-state index is 11.3. The van der Waals surface area contributed by atoms with Crippen molar-refractivity contribution in [3.8, 4) is 0 Å². The van der Waals surface area contributed by atoms with Crippen molar-refractivity contribution in [2.75, 3.05) is 46.0 Å². The van der Waals surface area contributed by atoms with E-state index in [-0.39, 0.29) is 34.5 Å². The van der Waals surface area contributed by atoms with E-state index >= 15 is 0 Å². The number of aliphatic hydroxyl groups excluding tert-OH is 2. The van der Waals surface area contributed by atoms with Gasteiger partial charge in [-0.15, -0.1) is 0 Å². The monoisotopic (exact) mass is 394 g/mol. The Bertz CT molecular complexity index is 442. The molecular weight excluding hydrogens is 368 g/mol. The second-order valence-electron chi connectivity index (χ2n) is 4.76. The largest absolute Gasteiger partial charge is 0.390 e. The molecule has 0 amide bonds. The summed E-state index contributed by atoms with van der Waals surface area (Å²) in [6, 6.07) is 0. The number of thioether (sulfide) groups is 2. The molecule has 2 atom stereocenters. The highest BCUT2D eigenvalue weighted by atomic mass is 32.2. The predicted octanol–water partition coefficient (Wildman–Crippen LogP) is 0.0440. The number of hydrogen-bond acceptors (Lipinski definition) is 8. The molecule has 0 heterocycles. The van der Waals surface area contributed by atoms with Gasteiger partial charge in [0.15, 0.2) is 19.7 Å². The third-order valence-corrected chi connectivity index (χ3v) is 9.05. The molecule has 0 aliphatic rings. The van der Waals surface area contributed by atoms with Gasteiger partial charge in [-0.1, -0.05) is 13.8 Å². The summed E-state index contributed by atoms with van der Waals surface area (Å²) in [6.07, 6.45) is -1.88. The first-order valence-electron chi connectivity index (χ1n) is 7.06. The van der Waals surface area contributed by atoms with Gasteiger partial charge in [0.2, 0.25) is 0 Å². The second-order valence-corrected chi connectivity index (χ2v) is 12.0. The molecule has 0 saturated carbocycles. The maximum Gasteiger partial charge on any atom is 0.150 e. The summed E-state index contributed by atoms with van der Waals surface area (Å²) in [7, 11) is -6.00. The minimum absolute atomic E-state index is 0.0700. The molecule has 0 bridgehead atoms. The van der Waals surface area contributed by atoms with Gasteiger partial charge in [0.25, 0.3) is 0 Å². The van der Waals surface area contributed by atoms with E-state index in [9.17, 15) is 27.0 Å². The van der Waals surface area contributed by atoms with E-state index in [0.717, 1.165) is 0 Å². The van der Waals surface area contributed by atoms with Crippen molar-refractivity contribution >= 4 is 43.2 Å². The van der Waals surface area contributed by atoms with Gasteiger partial charge in [0.05, 0.1) is 23.7 Å². The third-order valence-electron chi connectivity index (χ3n) is 2.98. The van der Waals surface area contributed by atoms with Crippen LogP contribution in [0.1, 0.15) is 13.8 Å². The van der Waals surface area contributed by atoms with E-state index in [1.165, 1.54) is 23.5 Å². The first-order valence-corrected chi connectivity index (χ1v) is 13.0. The zero-order valence-corrected chi connectivity index (χ0v) is 16.2. The molecule has 0 spiro atoms. The summed E-state index contributed by atoms with van der Waals surface area (Å²) in [5.41, 5.74) is 0. The Balaban J connectivity index is 3.82. The number of rotatable bonds is 13. The van der Waals surface area contributed by atoms with Crippen molar-refractivity contribution in [2.45, 2.75) is 26.1 Å².